The van der Waals surface area contributed by atoms with Crippen LogP contribution in [0.2, 0.25) is 0 Å². The molecule has 0 aliphatic heterocycles. The Morgan fingerprint density at radius 1 is 1.26 bits per heavy atom. The largest absolute Gasteiger partial charge is 0.489 e. The molecule has 0 unspecified atom stereocenters. The minimum Gasteiger partial charge on any atom is -0.489 e. The van der Waals surface area contributed by atoms with Crippen molar-refractivity contribution in [3.8, 4) is 5.75 Å². The lowest BCUT2D eigenvalue weighted by molar-refractivity contribution is -0.129. The molecule has 0 bridgehead atoms. The molecule has 144 valence electrons. The van der Waals surface area contributed by atoms with Gasteiger partial charge < -0.3 is 14.9 Å². The van der Waals surface area contributed by atoms with Gasteiger partial charge in [-0.15, -0.1) is 0 Å². The van der Waals surface area contributed by atoms with Gasteiger partial charge in [-0.05, 0) is 74.3 Å². The van der Waals surface area contributed by atoms with Crippen LogP contribution in [0.1, 0.15) is 56.2 Å². The Morgan fingerprint density at radius 3 is 2.85 bits per heavy atom. The first kappa shape index (κ1) is 18.5. The normalized spacial score (nSPS) is 32.4. The van der Waals surface area contributed by atoms with Crippen molar-refractivity contribution >= 4 is 0 Å². The third kappa shape index (κ3) is 3.26. The summed E-state index contributed by atoms with van der Waals surface area (Å²) in [6.45, 7) is 4.50. The maximum atomic E-state index is 10.6. The van der Waals surface area contributed by atoms with Gasteiger partial charge in [0.2, 0.25) is 0 Å². The minimum absolute atomic E-state index is 0.0445. The zero-order valence-corrected chi connectivity index (χ0v) is 16.2. The van der Waals surface area contributed by atoms with Crippen LogP contribution < -0.4 is 4.74 Å². The molecule has 4 nitrogen and oxygen atoms in total. The Bertz CT molecular complexity index is 805. The Labute approximate surface area is 161 Å². The SMILES string of the molecule is CC[C@@]12C[C@H](O)[C@@](C)(O)C[C@H]1CCc1cc(OCc3cccnc3)ccc12. The molecule has 2 aliphatic rings. The van der Waals surface area contributed by atoms with Gasteiger partial charge >= 0.3 is 0 Å². The predicted molar refractivity (Wildman–Crippen MR) is 105 cm³/mol. The third-order valence-corrected chi connectivity index (χ3v) is 6.85. The Hall–Kier alpha value is -1.91. The van der Waals surface area contributed by atoms with Crippen LogP contribution in [0.4, 0.5) is 0 Å². The van der Waals surface area contributed by atoms with Gasteiger partial charge in [0, 0.05) is 23.4 Å². The van der Waals surface area contributed by atoms with Crippen molar-refractivity contribution in [1.82, 2.24) is 4.98 Å². The number of nitrogens with zero attached hydrogens (tertiary/aromatic N) is 1. The number of ether oxygens (including phenoxy) is 1. The smallest absolute Gasteiger partial charge is 0.120 e. The first-order chi connectivity index (χ1) is 12.9. The molecule has 27 heavy (non-hydrogen) atoms. The maximum Gasteiger partial charge on any atom is 0.120 e. The van der Waals surface area contributed by atoms with Crippen LogP contribution >= 0.6 is 0 Å². The van der Waals surface area contributed by atoms with Gasteiger partial charge in [0.1, 0.15) is 12.4 Å². The van der Waals surface area contributed by atoms with Gasteiger partial charge in [0.15, 0.2) is 0 Å². The van der Waals surface area contributed by atoms with Crippen molar-refractivity contribution in [2.45, 2.75) is 69.7 Å². The molecular formula is C23H29NO3. The monoisotopic (exact) mass is 367 g/mol. The zero-order valence-electron chi connectivity index (χ0n) is 16.2. The number of aliphatic hydroxyl groups excluding tert-OH is 1. The maximum absolute atomic E-state index is 10.6. The average Bonchev–Trinajstić information content (AvgIpc) is 2.68. The van der Waals surface area contributed by atoms with E-state index in [1.54, 1.807) is 13.1 Å². The van der Waals surface area contributed by atoms with Gasteiger partial charge in [0.25, 0.3) is 0 Å². The quantitative estimate of drug-likeness (QED) is 0.863. The van der Waals surface area contributed by atoms with E-state index in [2.05, 4.69) is 24.0 Å². The van der Waals surface area contributed by atoms with Crippen LogP contribution in [0.5, 0.6) is 5.75 Å². The van der Waals surface area contributed by atoms with E-state index in [4.69, 9.17) is 4.74 Å². The van der Waals surface area contributed by atoms with Crippen molar-refractivity contribution < 1.29 is 14.9 Å². The van der Waals surface area contributed by atoms with Gasteiger partial charge in [-0.25, -0.2) is 0 Å². The lowest BCUT2D eigenvalue weighted by Crippen LogP contribution is -2.56. The predicted octanol–water partition coefficient (Wildman–Crippen LogP) is 3.78. The zero-order chi connectivity index (χ0) is 19.1. The number of aromatic nitrogens is 1. The molecule has 2 N–H and O–H groups in total. The summed E-state index contributed by atoms with van der Waals surface area (Å²) in [6.07, 6.45) is 7.23. The molecule has 0 spiro atoms. The number of rotatable bonds is 4. The Kier molecular flexibility index (Phi) is 4.73. The summed E-state index contributed by atoms with van der Waals surface area (Å²) >= 11 is 0. The summed E-state index contributed by atoms with van der Waals surface area (Å²) < 4.78 is 5.99. The van der Waals surface area contributed by atoms with Crippen LogP contribution in [-0.2, 0) is 18.4 Å². The number of aliphatic hydroxyl groups is 2. The molecule has 0 radical (unpaired) electrons. The molecule has 2 aromatic rings. The second-order valence-corrected chi connectivity index (χ2v) is 8.50. The fourth-order valence-electron chi connectivity index (χ4n) is 5.23. The second kappa shape index (κ2) is 6.92. The number of pyridine rings is 1. The lowest BCUT2D eigenvalue weighted by Gasteiger charge is -2.54. The molecule has 4 rings (SSSR count). The van der Waals surface area contributed by atoms with E-state index in [0.717, 1.165) is 30.6 Å². The number of hydrogen-bond acceptors (Lipinski definition) is 4. The highest BCUT2D eigenvalue weighted by atomic mass is 16.5. The summed E-state index contributed by atoms with van der Waals surface area (Å²) in [5.74, 6) is 1.29. The van der Waals surface area contributed by atoms with Gasteiger partial charge in [0.05, 0.1) is 11.7 Å². The molecule has 1 aromatic heterocycles. The molecule has 1 heterocycles. The molecule has 4 heteroatoms. The van der Waals surface area contributed by atoms with E-state index in [1.165, 1.54) is 11.1 Å². The molecule has 1 aromatic carbocycles. The van der Waals surface area contributed by atoms with Crippen LogP contribution in [0.15, 0.2) is 42.7 Å². The third-order valence-electron chi connectivity index (χ3n) is 6.85. The molecule has 1 saturated carbocycles. The minimum atomic E-state index is -0.979. The molecule has 0 saturated heterocycles. The van der Waals surface area contributed by atoms with E-state index in [1.807, 2.05) is 24.4 Å². The first-order valence-electron chi connectivity index (χ1n) is 10.0. The van der Waals surface area contributed by atoms with E-state index >= 15 is 0 Å². The summed E-state index contributed by atoms with van der Waals surface area (Å²) in [5, 5.41) is 21.2. The average molecular weight is 367 g/mol. The lowest BCUT2D eigenvalue weighted by atomic mass is 9.53. The fraction of sp³-hybridized carbons (Fsp3) is 0.522. The van der Waals surface area contributed by atoms with Crippen molar-refractivity contribution in [3.05, 3.63) is 59.4 Å². The van der Waals surface area contributed by atoms with Crippen LogP contribution in [0.25, 0.3) is 0 Å². The van der Waals surface area contributed by atoms with E-state index in [0.29, 0.717) is 25.4 Å². The Balaban J connectivity index is 1.59. The number of aryl methyl sites for hydroxylation is 1. The summed E-state index contributed by atoms with van der Waals surface area (Å²) in [4.78, 5) is 4.13. The second-order valence-electron chi connectivity index (χ2n) is 8.50. The topological polar surface area (TPSA) is 62.6 Å². The summed E-state index contributed by atoms with van der Waals surface area (Å²) in [6, 6.07) is 10.3. The van der Waals surface area contributed by atoms with Crippen molar-refractivity contribution in [3.63, 3.8) is 0 Å². The van der Waals surface area contributed by atoms with Gasteiger partial charge in [-0.1, -0.05) is 19.1 Å². The standard InChI is InChI=1S/C23H29NO3/c1-3-23-13-21(25)22(2,26)12-18(23)7-6-17-11-19(8-9-20(17)23)27-15-16-5-4-10-24-14-16/h4-5,8-11,14,18,21,25-26H,3,6-7,12-13,15H2,1-2H3/t18-,21+,22+,23-/m1/s1. The highest BCUT2D eigenvalue weighted by molar-refractivity contribution is 5.44. The van der Waals surface area contributed by atoms with Crippen LogP contribution in [0, 0.1) is 5.92 Å². The van der Waals surface area contributed by atoms with Crippen LogP contribution in [0.3, 0.4) is 0 Å². The summed E-state index contributed by atoms with van der Waals surface area (Å²) in [7, 11) is 0. The first-order valence-corrected chi connectivity index (χ1v) is 10.0. The van der Waals surface area contributed by atoms with E-state index < -0.39 is 11.7 Å². The van der Waals surface area contributed by atoms with Crippen molar-refractivity contribution in [2.75, 3.05) is 0 Å². The van der Waals surface area contributed by atoms with Gasteiger partial charge in [-0.3, -0.25) is 4.98 Å². The highest BCUT2D eigenvalue weighted by Gasteiger charge is 2.53. The van der Waals surface area contributed by atoms with Gasteiger partial charge in [-0.2, -0.15) is 0 Å². The van der Waals surface area contributed by atoms with Crippen molar-refractivity contribution in [1.29, 1.82) is 0 Å². The number of fused-ring (bicyclic) bond motifs is 3. The molecule has 2 aliphatic carbocycles. The van der Waals surface area contributed by atoms with E-state index in [9.17, 15) is 10.2 Å². The molecule has 4 atom stereocenters. The molecule has 1 fully saturated rings. The van der Waals surface area contributed by atoms with Crippen LogP contribution in [-0.4, -0.2) is 26.9 Å². The molecular weight excluding hydrogens is 338 g/mol. The highest BCUT2D eigenvalue weighted by Crippen LogP contribution is 2.54. The number of hydrogen-bond donors (Lipinski definition) is 2. The van der Waals surface area contributed by atoms with E-state index in [-0.39, 0.29) is 5.41 Å². The van der Waals surface area contributed by atoms with Crippen molar-refractivity contribution in [2.24, 2.45) is 5.92 Å². The Morgan fingerprint density at radius 2 is 2.11 bits per heavy atom. The summed E-state index contributed by atoms with van der Waals surface area (Å²) in [5.41, 5.74) is 2.69. The molecule has 0 amide bonds. The fourth-order valence-corrected chi connectivity index (χ4v) is 5.23. The number of benzene rings is 1.